The van der Waals surface area contributed by atoms with Crippen molar-refractivity contribution in [3.05, 3.63) is 12.7 Å². The molecule has 1 heteroatoms. The fraction of sp³-hybridized carbons (Fsp3) is 0.800. The molecule has 0 fully saturated rings. The van der Waals surface area contributed by atoms with Gasteiger partial charge in [-0.05, 0) is 12.8 Å². The minimum Gasteiger partial charge on any atom is -0.247 e. The maximum absolute atomic E-state index is 12.7. The second-order valence-corrected chi connectivity index (χ2v) is 2.92. The van der Waals surface area contributed by atoms with Gasteiger partial charge in [0.05, 0.1) is 0 Å². The predicted octanol–water partition coefficient (Wildman–Crippen LogP) is 3.67. The Morgan fingerprint density at radius 3 is 2.64 bits per heavy atom. The summed E-state index contributed by atoms with van der Waals surface area (Å²) in [4.78, 5) is 0. The zero-order valence-corrected chi connectivity index (χ0v) is 7.35. The first-order valence-electron chi connectivity index (χ1n) is 4.48. The van der Waals surface area contributed by atoms with Crippen LogP contribution in [0, 0.1) is 6.58 Å². The molecular formula is C10H18F. The van der Waals surface area contributed by atoms with Crippen molar-refractivity contribution in [1.82, 2.24) is 0 Å². The van der Waals surface area contributed by atoms with Gasteiger partial charge in [0, 0.05) is 0 Å². The molecule has 0 saturated carbocycles. The highest BCUT2D eigenvalue weighted by Gasteiger charge is 2.01. The van der Waals surface area contributed by atoms with Gasteiger partial charge in [0.2, 0.25) is 0 Å². The molecule has 0 nitrogen and oxygen atoms in total. The molecule has 65 valence electrons. The highest BCUT2D eigenvalue weighted by molar-refractivity contribution is 4.69. The van der Waals surface area contributed by atoms with Gasteiger partial charge in [0.1, 0.15) is 6.17 Å². The van der Waals surface area contributed by atoms with Gasteiger partial charge in [-0.1, -0.05) is 45.3 Å². The van der Waals surface area contributed by atoms with E-state index in [1.54, 1.807) is 0 Å². The molecular weight excluding hydrogens is 139 g/mol. The molecule has 0 rings (SSSR count). The van der Waals surface area contributed by atoms with Gasteiger partial charge in [-0.15, -0.1) is 0 Å². The van der Waals surface area contributed by atoms with Crippen LogP contribution in [0.4, 0.5) is 4.39 Å². The van der Waals surface area contributed by atoms with E-state index in [1.807, 2.05) is 0 Å². The lowest BCUT2D eigenvalue weighted by Crippen LogP contribution is -1.97. The van der Waals surface area contributed by atoms with Crippen molar-refractivity contribution in [3.63, 3.8) is 0 Å². The van der Waals surface area contributed by atoms with Crippen LogP contribution >= 0.6 is 0 Å². The predicted molar refractivity (Wildman–Crippen MR) is 47.1 cm³/mol. The molecule has 0 heterocycles. The van der Waals surface area contributed by atoms with Crippen LogP contribution in [0.2, 0.25) is 0 Å². The van der Waals surface area contributed by atoms with Gasteiger partial charge < -0.3 is 0 Å². The highest BCUT2D eigenvalue weighted by atomic mass is 19.1. The Kier molecular flexibility index (Phi) is 7.54. The summed E-state index contributed by atoms with van der Waals surface area (Å²) in [7, 11) is 0. The molecule has 0 saturated heterocycles. The third kappa shape index (κ3) is 7.57. The number of alkyl halides is 1. The molecule has 1 radical (unpaired) electrons. The summed E-state index contributed by atoms with van der Waals surface area (Å²) in [6.45, 7) is 7.25. The fourth-order valence-corrected chi connectivity index (χ4v) is 1.06. The zero-order valence-electron chi connectivity index (χ0n) is 7.35. The van der Waals surface area contributed by atoms with Gasteiger partial charge in [0.25, 0.3) is 0 Å². The van der Waals surface area contributed by atoms with Crippen molar-refractivity contribution in [2.75, 3.05) is 0 Å². The summed E-state index contributed by atoms with van der Waals surface area (Å²) < 4.78 is 12.7. The zero-order chi connectivity index (χ0) is 8.53. The van der Waals surface area contributed by atoms with Gasteiger partial charge in [-0.2, -0.15) is 0 Å². The van der Waals surface area contributed by atoms with Crippen molar-refractivity contribution in [2.24, 2.45) is 0 Å². The normalized spacial score (nSPS) is 12.9. The first kappa shape index (κ1) is 10.7. The van der Waals surface area contributed by atoms with E-state index >= 15 is 0 Å². The lowest BCUT2D eigenvalue weighted by atomic mass is 10.1. The van der Waals surface area contributed by atoms with Crippen molar-refractivity contribution in [2.45, 2.75) is 51.6 Å². The molecule has 0 bridgehead atoms. The fourth-order valence-electron chi connectivity index (χ4n) is 1.06. The summed E-state index contributed by atoms with van der Waals surface area (Å²) in [6.07, 6.45) is 6.37. The SMILES string of the molecule is [CH]=CCC(F)CCCCCC. The van der Waals surface area contributed by atoms with Crippen LogP contribution in [0.3, 0.4) is 0 Å². The number of rotatable bonds is 7. The molecule has 0 amide bonds. The molecule has 0 aliphatic rings. The number of allylic oxidation sites excluding steroid dienone is 1. The molecule has 1 unspecified atom stereocenters. The number of halogens is 1. The molecule has 11 heavy (non-hydrogen) atoms. The van der Waals surface area contributed by atoms with E-state index in [4.69, 9.17) is 6.58 Å². The van der Waals surface area contributed by atoms with Crippen LogP contribution in [0.5, 0.6) is 0 Å². The van der Waals surface area contributed by atoms with E-state index in [2.05, 4.69) is 6.92 Å². The number of hydrogen-bond donors (Lipinski definition) is 0. The maximum Gasteiger partial charge on any atom is 0.104 e. The van der Waals surface area contributed by atoms with Crippen molar-refractivity contribution in [3.8, 4) is 0 Å². The average molecular weight is 157 g/mol. The van der Waals surface area contributed by atoms with E-state index in [0.29, 0.717) is 12.8 Å². The lowest BCUT2D eigenvalue weighted by Gasteiger charge is -2.03. The Balaban J connectivity index is 3.03. The first-order chi connectivity index (χ1) is 5.31. The van der Waals surface area contributed by atoms with Crippen molar-refractivity contribution in [1.29, 1.82) is 0 Å². The summed E-state index contributed by atoms with van der Waals surface area (Å²) in [5.41, 5.74) is 0. The summed E-state index contributed by atoms with van der Waals surface area (Å²) >= 11 is 0. The highest BCUT2D eigenvalue weighted by Crippen LogP contribution is 2.10. The van der Waals surface area contributed by atoms with Crippen LogP contribution < -0.4 is 0 Å². The standard InChI is InChI=1S/C10H18F/c1-3-5-6-7-9-10(11)8-4-2/h2,4,10H,3,5-9H2,1H3. The van der Waals surface area contributed by atoms with Gasteiger partial charge in [-0.25, -0.2) is 4.39 Å². The minimum atomic E-state index is -0.711. The molecule has 0 aliphatic heterocycles. The maximum atomic E-state index is 12.7. The molecule has 0 N–H and O–H groups in total. The van der Waals surface area contributed by atoms with Crippen LogP contribution in [0.15, 0.2) is 6.08 Å². The lowest BCUT2D eigenvalue weighted by molar-refractivity contribution is 0.307. The van der Waals surface area contributed by atoms with Gasteiger partial charge in [0.15, 0.2) is 0 Å². The molecule has 0 aromatic heterocycles. The monoisotopic (exact) mass is 157 g/mol. The van der Waals surface area contributed by atoms with Gasteiger partial charge >= 0.3 is 0 Å². The largest absolute Gasteiger partial charge is 0.247 e. The van der Waals surface area contributed by atoms with E-state index < -0.39 is 6.17 Å². The summed E-state index contributed by atoms with van der Waals surface area (Å²) in [6, 6.07) is 0. The molecule has 0 aliphatic carbocycles. The Morgan fingerprint density at radius 2 is 2.09 bits per heavy atom. The molecule has 0 aromatic rings. The van der Waals surface area contributed by atoms with Crippen LogP contribution in [-0.4, -0.2) is 6.17 Å². The number of hydrogen-bond acceptors (Lipinski definition) is 0. The van der Waals surface area contributed by atoms with Crippen LogP contribution in [0.1, 0.15) is 45.4 Å². The second kappa shape index (κ2) is 7.77. The number of unbranched alkanes of at least 4 members (excludes halogenated alkanes) is 3. The minimum absolute atomic E-state index is 0.409. The summed E-state index contributed by atoms with van der Waals surface area (Å²) in [5.74, 6) is 0. The van der Waals surface area contributed by atoms with E-state index in [-0.39, 0.29) is 0 Å². The Morgan fingerprint density at radius 1 is 1.36 bits per heavy atom. The van der Waals surface area contributed by atoms with Crippen LogP contribution in [0.25, 0.3) is 0 Å². The Hall–Kier alpha value is -0.330. The Bertz CT molecular complexity index is 88.9. The third-order valence-electron chi connectivity index (χ3n) is 1.76. The smallest absolute Gasteiger partial charge is 0.104 e. The third-order valence-corrected chi connectivity index (χ3v) is 1.76. The van der Waals surface area contributed by atoms with E-state index in [1.165, 1.54) is 18.9 Å². The summed E-state index contributed by atoms with van der Waals surface area (Å²) in [5, 5.41) is 0. The van der Waals surface area contributed by atoms with E-state index in [9.17, 15) is 4.39 Å². The van der Waals surface area contributed by atoms with E-state index in [0.717, 1.165) is 12.8 Å². The van der Waals surface area contributed by atoms with Crippen molar-refractivity contribution < 1.29 is 4.39 Å². The molecule has 1 atom stereocenters. The molecule has 0 spiro atoms. The Labute approximate surface area is 69.5 Å². The topological polar surface area (TPSA) is 0 Å². The van der Waals surface area contributed by atoms with Crippen LogP contribution in [-0.2, 0) is 0 Å². The quantitative estimate of drug-likeness (QED) is 0.494. The second-order valence-electron chi connectivity index (χ2n) is 2.92. The molecule has 0 aromatic carbocycles. The average Bonchev–Trinajstić information content (AvgIpc) is 1.99. The van der Waals surface area contributed by atoms with Gasteiger partial charge in [-0.3, -0.25) is 0 Å². The first-order valence-corrected chi connectivity index (χ1v) is 4.48. The van der Waals surface area contributed by atoms with Crippen molar-refractivity contribution >= 4 is 0 Å².